The number of rotatable bonds is 4. The van der Waals surface area contributed by atoms with Gasteiger partial charge in [0.25, 0.3) is 0 Å². The maximum atomic E-state index is 2.40. The van der Waals surface area contributed by atoms with Crippen LogP contribution < -0.4 is 14.8 Å². The second kappa shape index (κ2) is 6.58. The predicted molar refractivity (Wildman–Crippen MR) is 120 cm³/mol. The van der Waals surface area contributed by atoms with Crippen LogP contribution in [-0.4, -0.2) is 34.5 Å². The maximum Gasteiger partial charge on any atom is 0.249 e. The number of hydrogen-bond acceptors (Lipinski definition) is 1. The maximum absolute atomic E-state index is 2.40. The van der Waals surface area contributed by atoms with Crippen LogP contribution in [0.3, 0.4) is 0 Å². The highest BCUT2D eigenvalue weighted by Gasteiger charge is 2.50. The summed E-state index contributed by atoms with van der Waals surface area (Å²) < 4.78 is 0.932. The van der Waals surface area contributed by atoms with E-state index in [1.165, 1.54) is 28.0 Å². The SMILES string of the molecule is CN(C)c1ccccc1C[B@-]1(c2ccccc2)Cc2ccccc2[N+]1(C)C. The van der Waals surface area contributed by atoms with E-state index in [1.54, 1.807) is 0 Å². The highest BCUT2D eigenvalue weighted by atomic mass is 15.3. The van der Waals surface area contributed by atoms with Crippen LogP contribution in [0.2, 0.25) is 0 Å². The zero-order chi connectivity index (χ0) is 19.1. The van der Waals surface area contributed by atoms with Gasteiger partial charge >= 0.3 is 0 Å². The Morgan fingerprint density at radius 1 is 0.815 bits per heavy atom. The topological polar surface area (TPSA) is 3.24 Å². The van der Waals surface area contributed by atoms with Crippen molar-refractivity contribution in [3.8, 4) is 0 Å². The molecule has 3 aromatic carbocycles. The Morgan fingerprint density at radius 3 is 2.15 bits per heavy atom. The van der Waals surface area contributed by atoms with Crippen molar-refractivity contribution < 1.29 is 0 Å². The lowest BCUT2D eigenvalue weighted by molar-refractivity contribution is 0.606. The lowest BCUT2D eigenvalue weighted by atomic mass is 9.25. The van der Waals surface area contributed by atoms with Crippen molar-refractivity contribution in [3.05, 3.63) is 90.0 Å². The first-order valence-corrected chi connectivity index (χ1v) is 9.87. The molecule has 0 N–H and O–H groups in total. The van der Waals surface area contributed by atoms with Gasteiger partial charge in [-0.25, -0.2) is 0 Å². The standard InChI is InChI=1S/C24H29BN2/c1-26(2)23-16-10-8-12-20(23)18-25(22-14-6-5-7-15-22)19-21-13-9-11-17-24(21)27(25,3)4/h5-17H,18-19H2,1-4H3/t25-/m1/s1. The third-order valence-corrected chi connectivity index (χ3v) is 6.86. The minimum Gasteiger partial charge on any atom is -0.482 e. The first kappa shape index (κ1) is 17.9. The fourth-order valence-electron chi connectivity index (χ4n) is 5.31. The Hall–Kier alpha value is -2.52. The zero-order valence-corrected chi connectivity index (χ0v) is 16.9. The lowest BCUT2D eigenvalue weighted by Gasteiger charge is -2.51. The van der Waals surface area contributed by atoms with E-state index in [0.717, 1.165) is 17.0 Å². The molecule has 0 bridgehead atoms. The highest BCUT2D eigenvalue weighted by Crippen LogP contribution is 2.42. The van der Waals surface area contributed by atoms with Crippen LogP contribution in [0.15, 0.2) is 78.9 Å². The number of benzene rings is 3. The molecule has 3 heteroatoms. The molecule has 138 valence electrons. The molecule has 0 aliphatic carbocycles. The van der Waals surface area contributed by atoms with Crippen LogP contribution in [0.1, 0.15) is 11.1 Å². The van der Waals surface area contributed by atoms with E-state index in [-0.39, 0.29) is 0 Å². The molecule has 0 amide bonds. The molecule has 2 nitrogen and oxygen atoms in total. The monoisotopic (exact) mass is 356 g/mol. The van der Waals surface area contributed by atoms with Gasteiger partial charge < -0.3 is 9.29 Å². The Balaban J connectivity index is 1.91. The van der Waals surface area contributed by atoms with Gasteiger partial charge in [0.1, 0.15) is 0 Å². The second-order valence-electron chi connectivity index (χ2n) is 8.70. The molecule has 0 saturated carbocycles. The fourth-order valence-corrected chi connectivity index (χ4v) is 5.31. The van der Waals surface area contributed by atoms with Gasteiger partial charge in [0, 0.05) is 33.9 Å². The van der Waals surface area contributed by atoms with Crippen molar-refractivity contribution >= 4 is 23.1 Å². The largest absolute Gasteiger partial charge is 0.482 e. The van der Waals surface area contributed by atoms with Crippen molar-refractivity contribution in [2.75, 3.05) is 33.1 Å². The third-order valence-electron chi connectivity index (χ3n) is 6.86. The minimum atomic E-state index is -0.886. The Labute approximate surface area is 163 Å². The van der Waals surface area contributed by atoms with Crippen LogP contribution in [0.5, 0.6) is 0 Å². The van der Waals surface area contributed by atoms with E-state index < -0.39 is 6.28 Å². The van der Waals surface area contributed by atoms with Gasteiger partial charge in [-0.05, 0) is 17.7 Å². The minimum absolute atomic E-state index is 0.886. The summed E-state index contributed by atoms with van der Waals surface area (Å²) in [6.45, 7) is 0. The molecule has 1 atom stereocenters. The van der Waals surface area contributed by atoms with E-state index in [0.29, 0.717) is 0 Å². The number of fused-ring (bicyclic) bond motifs is 1. The fraction of sp³-hybridized carbons (Fsp3) is 0.250. The summed E-state index contributed by atoms with van der Waals surface area (Å²) >= 11 is 0. The van der Waals surface area contributed by atoms with E-state index >= 15 is 0 Å². The van der Waals surface area contributed by atoms with Crippen molar-refractivity contribution in [1.29, 1.82) is 0 Å². The summed E-state index contributed by atoms with van der Waals surface area (Å²) in [5.74, 6) is 0. The van der Waals surface area contributed by atoms with E-state index in [1.807, 2.05) is 0 Å². The number of quaternary nitrogens is 1. The van der Waals surface area contributed by atoms with Crippen LogP contribution in [-0.2, 0) is 12.6 Å². The second-order valence-corrected chi connectivity index (χ2v) is 8.70. The molecule has 0 unspecified atom stereocenters. The Kier molecular flexibility index (Phi) is 4.36. The molecule has 0 saturated heterocycles. The lowest BCUT2D eigenvalue weighted by Crippen LogP contribution is -2.72. The number of nitrogens with zero attached hydrogens (tertiary/aromatic N) is 2. The van der Waals surface area contributed by atoms with Gasteiger partial charge in [-0.3, -0.25) is 0 Å². The molecule has 27 heavy (non-hydrogen) atoms. The van der Waals surface area contributed by atoms with Crippen molar-refractivity contribution in [1.82, 2.24) is 4.39 Å². The molecule has 1 aliphatic heterocycles. The van der Waals surface area contributed by atoms with Gasteiger partial charge in [-0.15, -0.1) is 5.46 Å². The normalized spacial score (nSPS) is 20.3. The molecule has 0 radical (unpaired) electrons. The molecule has 0 spiro atoms. The van der Waals surface area contributed by atoms with Gasteiger partial charge in [-0.2, -0.15) is 0 Å². The summed E-state index contributed by atoms with van der Waals surface area (Å²) in [6, 6.07) is 29.1. The summed E-state index contributed by atoms with van der Waals surface area (Å²) in [5.41, 5.74) is 7.20. The highest BCUT2D eigenvalue weighted by molar-refractivity contribution is 6.92. The van der Waals surface area contributed by atoms with Crippen LogP contribution in [0, 0.1) is 0 Å². The van der Waals surface area contributed by atoms with Crippen LogP contribution >= 0.6 is 0 Å². The average molecular weight is 356 g/mol. The van der Waals surface area contributed by atoms with Crippen molar-refractivity contribution in [3.63, 3.8) is 0 Å². The molecular formula is C24H29BN2. The zero-order valence-electron chi connectivity index (χ0n) is 16.9. The first-order valence-electron chi connectivity index (χ1n) is 9.87. The molecular weight excluding hydrogens is 327 g/mol. The molecule has 3 aromatic rings. The third kappa shape index (κ3) is 2.78. The summed E-state index contributed by atoms with van der Waals surface area (Å²) in [6.07, 6.45) is 1.30. The van der Waals surface area contributed by atoms with Gasteiger partial charge in [0.2, 0.25) is 6.28 Å². The molecule has 4 rings (SSSR count). The molecule has 1 aliphatic rings. The number of anilines is 1. The summed E-state index contributed by atoms with van der Waals surface area (Å²) in [4.78, 5) is 2.24. The van der Waals surface area contributed by atoms with Crippen molar-refractivity contribution in [2.45, 2.75) is 12.6 Å². The Bertz CT molecular complexity index is 949. The van der Waals surface area contributed by atoms with E-state index in [2.05, 4.69) is 112 Å². The number of para-hydroxylation sites is 2. The smallest absolute Gasteiger partial charge is 0.249 e. The predicted octanol–water partition coefficient (Wildman–Crippen LogP) is 4.05. The van der Waals surface area contributed by atoms with E-state index in [9.17, 15) is 0 Å². The molecule has 0 aromatic heterocycles. The van der Waals surface area contributed by atoms with Gasteiger partial charge in [0.15, 0.2) is 0 Å². The quantitative estimate of drug-likeness (QED) is 0.638. The summed E-state index contributed by atoms with van der Waals surface area (Å²) in [5, 5.41) is 0. The van der Waals surface area contributed by atoms with Gasteiger partial charge in [-0.1, -0.05) is 84.9 Å². The summed E-state index contributed by atoms with van der Waals surface area (Å²) in [7, 11) is 9.09. The molecule has 1 heterocycles. The Morgan fingerprint density at radius 2 is 1.44 bits per heavy atom. The first-order chi connectivity index (χ1) is 13.0. The average Bonchev–Trinajstić information content (AvgIpc) is 2.91. The van der Waals surface area contributed by atoms with Crippen LogP contribution in [0.4, 0.5) is 11.4 Å². The number of hydrogen-bond donors (Lipinski definition) is 0. The molecule has 0 fully saturated rings. The van der Waals surface area contributed by atoms with Crippen LogP contribution in [0.25, 0.3) is 0 Å². The van der Waals surface area contributed by atoms with Gasteiger partial charge in [0.05, 0.1) is 5.69 Å². The van der Waals surface area contributed by atoms with Crippen molar-refractivity contribution in [2.24, 2.45) is 0 Å². The van der Waals surface area contributed by atoms with E-state index in [4.69, 9.17) is 0 Å².